The molecule has 3 rings (SSSR count). The molecule has 0 aromatic carbocycles. The first-order chi connectivity index (χ1) is 14.1. The molecule has 1 aliphatic heterocycles. The molecule has 1 unspecified atom stereocenters. The first-order valence-corrected chi connectivity index (χ1v) is 9.70. The quantitative estimate of drug-likeness (QED) is 0.657. The fraction of sp³-hybridized carbons (Fsp3) is 0.318. The number of nitrogens with zero attached hydrogens (tertiary/aromatic N) is 3. The molecule has 1 aliphatic rings. The Balaban J connectivity index is 1.92. The van der Waals surface area contributed by atoms with Crippen molar-refractivity contribution in [1.82, 2.24) is 14.8 Å². The second kappa shape index (κ2) is 9.34. The molecule has 1 atom stereocenters. The van der Waals surface area contributed by atoms with E-state index in [1.165, 1.54) is 23.3 Å². The van der Waals surface area contributed by atoms with E-state index in [0.29, 0.717) is 24.5 Å². The van der Waals surface area contributed by atoms with Crippen LogP contribution in [0.1, 0.15) is 31.3 Å². The molecule has 2 aromatic rings. The van der Waals surface area contributed by atoms with Crippen LogP contribution in [0, 0.1) is 0 Å². The van der Waals surface area contributed by atoms with Gasteiger partial charge in [-0.2, -0.15) is 0 Å². The van der Waals surface area contributed by atoms with Crippen LogP contribution >= 0.6 is 0 Å². The Kier molecular flexibility index (Phi) is 6.61. The molecule has 152 valence electrons. The van der Waals surface area contributed by atoms with Crippen molar-refractivity contribution in [3.8, 4) is 0 Å². The van der Waals surface area contributed by atoms with E-state index in [1.807, 2.05) is 0 Å². The van der Waals surface area contributed by atoms with Crippen LogP contribution in [0.15, 0.2) is 64.6 Å². The maximum absolute atomic E-state index is 12.9. The van der Waals surface area contributed by atoms with Gasteiger partial charge in [-0.3, -0.25) is 14.6 Å². The number of likely N-dealkylation sites (N-methyl/N-ethyl adjacent to an activating group) is 1. The van der Waals surface area contributed by atoms with Gasteiger partial charge in [0.1, 0.15) is 11.8 Å². The average Bonchev–Trinajstić information content (AvgIpc) is 3.35. The van der Waals surface area contributed by atoms with Crippen LogP contribution < -0.4 is 0 Å². The van der Waals surface area contributed by atoms with E-state index in [1.54, 1.807) is 36.5 Å². The van der Waals surface area contributed by atoms with Crippen LogP contribution in [0.2, 0.25) is 0 Å². The van der Waals surface area contributed by atoms with Gasteiger partial charge in [-0.15, -0.1) is 0 Å². The number of carbonyl (C=O) groups excluding carboxylic acids is 2. The number of allylic oxidation sites excluding steroid dienone is 1. The third kappa shape index (κ3) is 4.46. The molecule has 1 N–H and O–H groups in total. The molecular weight excluding hydrogens is 370 g/mol. The van der Waals surface area contributed by atoms with Crippen LogP contribution in [0.4, 0.5) is 0 Å². The highest BCUT2D eigenvalue weighted by Gasteiger charge is 2.43. The number of hydrogen-bond donors (Lipinski definition) is 1. The molecule has 3 heterocycles. The number of aromatic nitrogens is 1. The van der Waals surface area contributed by atoms with Crippen LogP contribution in [-0.2, 0) is 9.59 Å². The van der Waals surface area contributed by atoms with E-state index in [-0.39, 0.29) is 5.57 Å². The molecule has 0 bridgehead atoms. The minimum absolute atomic E-state index is 0.0380. The number of pyridine rings is 1. The Morgan fingerprint density at radius 3 is 2.69 bits per heavy atom. The Morgan fingerprint density at radius 2 is 2.07 bits per heavy atom. The lowest BCUT2D eigenvalue weighted by molar-refractivity contribution is -0.129. The number of amides is 1. The summed E-state index contributed by atoms with van der Waals surface area (Å²) in [6.45, 7) is 6.82. The van der Waals surface area contributed by atoms with Crippen molar-refractivity contribution in [2.75, 3.05) is 26.2 Å². The number of carbonyl (C=O) groups is 2. The molecule has 2 aromatic heterocycles. The molecule has 0 fully saturated rings. The maximum atomic E-state index is 12.9. The van der Waals surface area contributed by atoms with Crippen molar-refractivity contribution in [2.45, 2.75) is 19.9 Å². The van der Waals surface area contributed by atoms with Gasteiger partial charge in [0.05, 0.1) is 17.5 Å². The van der Waals surface area contributed by atoms with Crippen molar-refractivity contribution < 1.29 is 19.1 Å². The molecule has 0 aliphatic carbocycles. The standard InChI is InChI=1S/C22H25N3O4/c1-3-24(4-2)13-14-25-20(17-9-5-6-12-23-17)19(21(27)22(25)28)18(26)11-10-16-8-7-15-29-16/h5-12,15,20,27H,3-4,13-14H2,1-2H3/b11-10+. The number of furan rings is 1. The van der Waals surface area contributed by atoms with Crippen LogP contribution in [0.3, 0.4) is 0 Å². The SMILES string of the molecule is CCN(CC)CCN1C(=O)C(O)=C(C(=O)/C=C/c2ccco2)C1c1ccccn1. The van der Waals surface area contributed by atoms with E-state index < -0.39 is 23.5 Å². The van der Waals surface area contributed by atoms with E-state index in [9.17, 15) is 14.7 Å². The van der Waals surface area contributed by atoms with Gasteiger partial charge >= 0.3 is 0 Å². The number of hydrogen-bond acceptors (Lipinski definition) is 6. The van der Waals surface area contributed by atoms with Gasteiger partial charge in [0, 0.05) is 19.3 Å². The average molecular weight is 395 g/mol. The topological polar surface area (TPSA) is 86.9 Å². The predicted molar refractivity (Wildman–Crippen MR) is 109 cm³/mol. The summed E-state index contributed by atoms with van der Waals surface area (Å²) in [6, 6.07) is 8.02. The number of aliphatic hydroxyl groups excluding tert-OH is 1. The molecule has 0 saturated heterocycles. The molecular formula is C22H25N3O4. The summed E-state index contributed by atoms with van der Waals surface area (Å²) in [5, 5.41) is 10.5. The summed E-state index contributed by atoms with van der Waals surface area (Å²) in [5.41, 5.74) is 0.579. The van der Waals surface area contributed by atoms with Gasteiger partial charge in [-0.1, -0.05) is 19.9 Å². The molecule has 0 radical (unpaired) electrons. The fourth-order valence-corrected chi connectivity index (χ4v) is 3.40. The lowest BCUT2D eigenvalue weighted by Gasteiger charge is -2.28. The van der Waals surface area contributed by atoms with Crippen molar-refractivity contribution in [3.05, 3.63) is 71.7 Å². The highest BCUT2D eigenvalue weighted by molar-refractivity contribution is 6.14. The molecule has 7 heteroatoms. The van der Waals surface area contributed by atoms with Gasteiger partial charge in [-0.05, 0) is 49.5 Å². The third-order valence-corrected chi connectivity index (χ3v) is 5.03. The van der Waals surface area contributed by atoms with Gasteiger partial charge in [0.2, 0.25) is 0 Å². The van der Waals surface area contributed by atoms with Crippen molar-refractivity contribution in [1.29, 1.82) is 0 Å². The van der Waals surface area contributed by atoms with Crippen molar-refractivity contribution >= 4 is 17.8 Å². The van der Waals surface area contributed by atoms with Crippen LogP contribution in [-0.4, -0.2) is 57.8 Å². The largest absolute Gasteiger partial charge is 0.503 e. The first-order valence-electron chi connectivity index (χ1n) is 9.70. The summed E-state index contributed by atoms with van der Waals surface area (Å²) in [7, 11) is 0. The number of rotatable bonds is 9. The number of aliphatic hydroxyl groups is 1. The lowest BCUT2D eigenvalue weighted by atomic mass is 9.99. The molecule has 7 nitrogen and oxygen atoms in total. The molecule has 1 amide bonds. The molecule has 0 spiro atoms. The fourth-order valence-electron chi connectivity index (χ4n) is 3.40. The van der Waals surface area contributed by atoms with E-state index >= 15 is 0 Å². The normalized spacial score (nSPS) is 17.1. The zero-order valence-corrected chi connectivity index (χ0v) is 16.6. The molecule has 0 saturated carbocycles. The van der Waals surface area contributed by atoms with E-state index in [4.69, 9.17) is 4.42 Å². The van der Waals surface area contributed by atoms with Crippen molar-refractivity contribution in [3.63, 3.8) is 0 Å². The number of ketones is 1. The van der Waals surface area contributed by atoms with Gasteiger partial charge in [0.15, 0.2) is 11.5 Å². The molecule has 29 heavy (non-hydrogen) atoms. The zero-order chi connectivity index (χ0) is 20.8. The predicted octanol–water partition coefficient (Wildman–Crippen LogP) is 2.99. The van der Waals surface area contributed by atoms with E-state index in [2.05, 4.69) is 23.7 Å². The summed E-state index contributed by atoms with van der Waals surface area (Å²) >= 11 is 0. The smallest absolute Gasteiger partial charge is 0.290 e. The van der Waals surface area contributed by atoms with Gasteiger partial charge in [0.25, 0.3) is 5.91 Å². The zero-order valence-electron chi connectivity index (χ0n) is 16.6. The Labute approximate surface area is 169 Å². The highest BCUT2D eigenvalue weighted by atomic mass is 16.3. The maximum Gasteiger partial charge on any atom is 0.290 e. The summed E-state index contributed by atoms with van der Waals surface area (Å²) in [4.78, 5) is 33.8. The summed E-state index contributed by atoms with van der Waals surface area (Å²) in [6.07, 6.45) is 5.94. The lowest BCUT2D eigenvalue weighted by Crippen LogP contribution is -2.38. The summed E-state index contributed by atoms with van der Waals surface area (Å²) in [5.74, 6) is -1.01. The monoisotopic (exact) mass is 395 g/mol. The first kappa shape index (κ1) is 20.5. The second-order valence-corrected chi connectivity index (χ2v) is 6.66. The highest BCUT2D eigenvalue weighted by Crippen LogP contribution is 2.36. The van der Waals surface area contributed by atoms with E-state index in [0.717, 1.165) is 13.1 Å². The van der Waals surface area contributed by atoms with Gasteiger partial charge < -0.3 is 19.3 Å². The Bertz CT molecular complexity index is 899. The third-order valence-electron chi connectivity index (χ3n) is 5.03. The van der Waals surface area contributed by atoms with Gasteiger partial charge in [-0.25, -0.2) is 0 Å². The minimum atomic E-state index is -0.729. The Morgan fingerprint density at radius 1 is 1.28 bits per heavy atom. The second-order valence-electron chi connectivity index (χ2n) is 6.66. The van der Waals surface area contributed by atoms with Crippen LogP contribution in [0.5, 0.6) is 0 Å². The minimum Gasteiger partial charge on any atom is -0.503 e. The Hall–Kier alpha value is -3.19. The summed E-state index contributed by atoms with van der Waals surface area (Å²) < 4.78 is 5.20. The van der Waals surface area contributed by atoms with Crippen LogP contribution in [0.25, 0.3) is 6.08 Å². The van der Waals surface area contributed by atoms with Crippen molar-refractivity contribution in [2.24, 2.45) is 0 Å².